The lowest BCUT2D eigenvalue weighted by Crippen LogP contribution is -2.98. The lowest BCUT2D eigenvalue weighted by molar-refractivity contribution is 0.0526. The van der Waals surface area contributed by atoms with E-state index in [1.165, 1.54) is 0 Å². The molecule has 0 rings (SSSR count). The van der Waals surface area contributed by atoms with Gasteiger partial charge >= 0.3 is 0 Å². The summed E-state index contributed by atoms with van der Waals surface area (Å²) in [6.45, 7) is 0.577. The molecule has 0 aliphatic heterocycles. The Balaban J connectivity index is 4.96. The number of unbranched alkanes of at least 4 members (excludes halogenated alkanes) is 2. The largest absolute Gasteiger partial charge is 0.330 e. The molecule has 0 aliphatic rings. The molecule has 0 unspecified atom stereocenters. The van der Waals surface area contributed by atoms with Gasteiger partial charge in [-0.2, -0.15) is 0 Å². The summed E-state index contributed by atoms with van der Waals surface area (Å²) in [6.07, 6.45) is 2.59. The van der Waals surface area contributed by atoms with Crippen LogP contribution < -0.4 is 57.3 Å². The van der Waals surface area contributed by atoms with Crippen molar-refractivity contribution >= 4 is 0 Å². The molecule has 0 aliphatic carbocycles. The molecule has 116 valence electrons. The fourth-order valence-corrected chi connectivity index (χ4v) is 1.69. The zero-order valence-electron chi connectivity index (χ0n) is 11.3. The van der Waals surface area contributed by atoms with E-state index in [4.69, 9.17) is 57.3 Å². The number of rotatable bonds is 8. The van der Waals surface area contributed by atoms with E-state index in [-0.39, 0.29) is 6.42 Å². The minimum absolute atomic E-state index is 0.270. The summed E-state index contributed by atoms with van der Waals surface area (Å²) in [5, 5.41) is 0. The van der Waals surface area contributed by atoms with Crippen molar-refractivity contribution in [3.63, 3.8) is 0 Å². The zero-order valence-corrected chi connectivity index (χ0v) is 11.3. The van der Waals surface area contributed by atoms with Crippen LogP contribution in [0.2, 0.25) is 0 Å². The lowest BCUT2D eigenvalue weighted by Gasteiger charge is -2.53. The van der Waals surface area contributed by atoms with Crippen molar-refractivity contribution in [2.75, 3.05) is 6.54 Å². The highest BCUT2D eigenvalue weighted by atomic mass is 15.3. The molecule has 0 saturated carbocycles. The van der Waals surface area contributed by atoms with Crippen LogP contribution >= 0.6 is 0 Å². The third-order valence-corrected chi connectivity index (χ3v) is 3.47. The molecule has 0 fully saturated rings. The molecule has 0 radical (unpaired) electrons. The molecule has 0 heterocycles. The molecule has 0 bridgehead atoms. The van der Waals surface area contributed by atoms with Gasteiger partial charge in [-0.3, -0.25) is 17.2 Å². The van der Waals surface area contributed by atoms with Crippen molar-refractivity contribution in [2.24, 2.45) is 57.3 Å². The Kier molecular flexibility index (Phi) is 5.80. The second-order valence-corrected chi connectivity index (χ2v) is 5.31. The Morgan fingerprint density at radius 3 is 1.42 bits per heavy atom. The topological polar surface area (TPSA) is 260 Å². The average Bonchev–Trinajstić information content (AvgIpc) is 2.22. The molecule has 0 spiro atoms. The fraction of sp³-hybridized carbons (Fsp3) is 1.00. The van der Waals surface area contributed by atoms with Crippen molar-refractivity contribution in [1.82, 2.24) is 0 Å². The first-order valence-corrected chi connectivity index (χ1v) is 6.11. The minimum Gasteiger partial charge on any atom is -0.330 e. The molecule has 19 heavy (non-hydrogen) atoms. The monoisotopic (exact) mass is 278 g/mol. The third kappa shape index (κ3) is 3.79. The molecule has 0 aromatic heterocycles. The second-order valence-electron chi connectivity index (χ2n) is 5.31. The fourth-order valence-electron chi connectivity index (χ4n) is 1.69. The van der Waals surface area contributed by atoms with Crippen LogP contribution in [0.5, 0.6) is 0 Å². The smallest absolute Gasteiger partial charge is 0.151 e. The van der Waals surface area contributed by atoms with E-state index in [0.717, 1.165) is 12.8 Å². The maximum absolute atomic E-state index is 5.93. The van der Waals surface area contributed by atoms with Crippen LogP contribution in [0.25, 0.3) is 0 Å². The molecule has 10 nitrogen and oxygen atoms in total. The third-order valence-electron chi connectivity index (χ3n) is 3.47. The first kappa shape index (κ1) is 18.6. The SMILES string of the molecule is NCCCCCC(N)(N)C(N)(N)C(N)(N)C(N)(N)N. The van der Waals surface area contributed by atoms with Gasteiger partial charge < -0.3 is 40.1 Å². The minimum atomic E-state index is -2.07. The molecule has 0 amide bonds. The van der Waals surface area contributed by atoms with Crippen LogP contribution in [0.1, 0.15) is 25.7 Å². The van der Waals surface area contributed by atoms with Crippen LogP contribution in [0.4, 0.5) is 0 Å². The van der Waals surface area contributed by atoms with E-state index in [1.54, 1.807) is 0 Å². The van der Waals surface area contributed by atoms with Crippen molar-refractivity contribution in [1.29, 1.82) is 0 Å². The number of hydrogen-bond acceptors (Lipinski definition) is 10. The molecule has 0 aromatic carbocycles. The highest BCUT2D eigenvalue weighted by Gasteiger charge is 2.58. The van der Waals surface area contributed by atoms with Gasteiger partial charge in [-0.05, 0) is 19.4 Å². The van der Waals surface area contributed by atoms with Gasteiger partial charge in [0.1, 0.15) is 11.3 Å². The van der Waals surface area contributed by atoms with Gasteiger partial charge in [-0.25, -0.2) is 0 Å². The molecule has 10 heteroatoms. The zero-order chi connectivity index (χ0) is 15.5. The standard InChI is InChI=1S/C9H30N10/c10-5-3-1-2-4-6(11,12)7(13,14)8(15,16)9(17,18)19/h1-5,10-19H2. The summed E-state index contributed by atoms with van der Waals surface area (Å²) in [5.41, 5.74) is 51.4. The van der Waals surface area contributed by atoms with Gasteiger partial charge in [0.25, 0.3) is 0 Å². The molecular weight excluding hydrogens is 248 g/mol. The lowest BCUT2D eigenvalue weighted by atomic mass is 9.77. The highest BCUT2D eigenvalue weighted by Crippen LogP contribution is 2.23. The van der Waals surface area contributed by atoms with Crippen LogP contribution in [0.3, 0.4) is 0 Å². The van der Waals surface area contributed by atoms with Crippen molar-refractivity contribution in [2.45, 2.75) is 48.5 Å². The summed E-state index contributed by atoms with van der Waals surface area (Å²) in [4.78, 5) is 0. The van der Waals surface area contributed by atoms with Gasteiger partial charge in [0.2, 0.25) is 0 Å². The quantitative estimate of drug-likeness (QED) is 0.149. The van der Waals surface area contributed by atoms with Gasteiger partial charge in [0, 0.05) is 0 Å². The molecular formula is C9H30N10. The van der Waals surface area contributed by atoms with E-state index < -0.39 is 22.8 Å². The Labute approximate surface area is 113 Å². The number of nitrogens with two attached hydrogens (primary N) is 10. The van der Waals surface area contributed by atoms with Crippen LogP contribution in [0, 0.1) is 0 Å². The van der Waals surface area contributed by atoms with Crippen LogP contribution in [-0.4, -0.2) is 29.3 Å². The highest BCUT2D eigenvalue weighted by molar-refractivity contribution is 5.17. The van der Waals surface area contributed by atoms with E-state index in [2.05, 4.69) is 0 Å². The summed E-state index contributed by atoms with van der Waals surface area (Å²) in [5.74, 6) is -2.04. The summed E-state index contributed by atoms with van der Waals surface area (Å²) in [7, 11) is 0. The van der Waals surface area contributed by atoms with E-state index in [0.29, 0.717) is 13.0 Å². The Morgan fingerprint density at radius 1 is 0.579 bits per heavy atom. The maximum atomic E-state index is 5.93. The van der Waals surface area contributed by atoms with Gasteiger partial charge in [-0.15, -0.1) is 0 Å². The Hall–Kier alpha value is -0.400. The van der Waals surface area contributed by atoms with Crippen molar-refractivity contribution < 1.29 is 0 Å². The average molecular weight is 278 g/mol. The first-order valence-electron chi connectivity index (χ1n) is 6.11. The molecule has 0 aromatic rings. The van der Waals surface area contributed by atoms with Crippen LogP contribution in [0.15, 0.2) is 0 Å². The van der Waals surface area contributed by atoms with E-state index in [1.807, 2.05) is 0 Å². The predicted octanol–water partition coefficient (Wildman–Crippen LogP) is -5.12. The van der Waals surface area contributed by atoms with Gasteiger partial charge in [-0.1, -0.05) is 12.8 Å². The van der Waals surface area contributed by atoms with Crippen molar-refractivity contribution in [3.8, 4) is 0 Å². The maximum Gasteiger partial charge on any atom is 0.151 e. The van der Waals surface area contributed by atoms with Crippen molar-refractivity contribution in [3.05, 3.63) is 0 Å². The van der Waals surface area contributed by atoms with E-state index in [9.17, 15) is 0 Å². The number of hydrogen-bond donors (Lipinski definition) is 10. The summed E-state index contributed by atoms with van der Waals surface area (Å²) >= 11 is 0. The predicted molar refractivity (Wildman–Crippen MR) is 76.1 cm³/mol. The molecule has 0 atom stereocenters. The first-order chi connectivity index (χ1) is 8.31. The Morgan fingerprint density at radius 2 is 1.05 bits per heavy atom. The van der Waals surface area contributed by atoms with Crippen LogP contribution in [-0.2, 0) is 0 Å². The molecule has 20 N–H and O–H groups in total. The van der Waals surface area contributed by atoms with Gasteiger partial charge in [0.05, 0.1) is 5.66 Å². The molecule has 0 saturated heterocycles. The summed E-state index contributed by atoms with van der Waals surface area (Å²) < 4.78 is 0. The normalized spacial score (nSPS) is 14.8. The van der Waals surface area contributed by atoms with Gasteiger partial charge in [0.15, 0.2) is 5.79 Å². The summed E-state index contributed by atoms with van der Waals surface area (Å²) in [6, 6.07) is 0. The Bertz CT molecular complexity index is 279. The second kappa shape index (κ2) is 5.93. The van der Waals surface area contributed by atoms with E-state index >= 15 is 0 Å².